The molecule has 94 valence electrons. The Hall–Kier alpha value is -1.10. The molecule has 4 nitrogen and oxygen atoms in total. The van der Waals surface area contributed by atoms with Gasteiger partial charge in [0.15, 0.2) is 0 Å². The Labute approximate surface area is 110 Å². The van der Waals surface area contributed by atoms with E-state index in [9.17, 15) is 4.79 Å². The lowest BCUT2D eigenvalue weighted by atomic mass is 10.1. The minimum Gasteiger partial charge on any atom is -0.444 e. The molecular formula is C12H17BrN2O2. The van der Waals surface area contributed by atoms with Gasteiger partial charge in [0.25, 0.3) is 0 Å². The summed E-state index contributed by atoms with van der Waals surface area (Å²) in [5.74, 6) is 0. The number of ether oxygens (including phenoxy) is 1. The van der Waals surface area contributed by atoms with Crippen molar-refractivity contribution in [3.05, 3.63) is 28.5 Å². The molecule has 1 aromatic rings. The molecule has 0 aromatic carbocycles. The first-order valence-electron chi connectivity index (χ1n) is 5.49. The van der Waals surface area contributed by atoms with E-state index < -0.39 is 11.7 Å². The fourth-order valence-electron chi connectivity index (χ4n) is 1.09. The van der Waals surface area contributed by atoms with E-state index in [4.69, 9.17) is 4.74 Å². The van der Waals surface area contributed by atoms with Crippen LogP contribution in [0, 0.1) is 0 Å². The second-order valence-electron chi connectivity index (χ2n) is 4.37. The first kappa shape index (κ1) is 14.0. The van der Waals surface area contributed by atoms with Gasteiger partial charge in [-0.15, -0.1) is 0 Å². The Morgan fingerprint density at radius 2 is 2.24 bits per heavy atom. The van der Waals surface area contributed by atoms with E-state index in [0.29, 0.717) is 6.54 Å². The molecule has 0 fully saturated rings. The van der Waals surface area contributed by atoms with Gasteiger partial charge in [0.2, 0.25) is 0 Å². The van der Waals surface area contributed by atoms with Crippen molar-refractivity contribution in [3.8, 4) is 0 Å². The lowest BCUT2D eigenvalue weighted by molar-refractivity contribution is 0.0360. The number of rotatable bonds is 4. The Bertz CT molecular complexity index is 394. The normalized spacial score (nSPS) is 11.1. The fraction of sp³-hybridized carbons (Fsp3) is 0.500. The summed E-state index contributed by atoms with van der Waals surface area (Å²) in [4.78, 5) is 15.5. The zero-order valence-corrected chi connectivity index (χ0v) is 11.9. The van der Waals surface area contributed by atoms with Crippen molar-refractivity contribution in [2.45, 2.75) is 39.3 Å². The number of nitrogens with one attached hydrogen (secondary N) is 1. The quantitative estimate of drug-likeness (QED) is 0.928. The maximum absolute atomic E-state index is 11.5. The third kappa shape index (κ3) is 5.17. The van der Waals surface area contributed by atoms with Crippen LogP contribution in [0.5, 0.6) is 0 Å². The highest BCUT2D eigenvalue weighted by molar-refractivity contribution is 9.10. The molecule has 0 aliphatic carbocycles. The molecule has 1 aromatic heterocycles. The van der Waals surface area contributed by atoms with Gasteiger partial charge in [-0.3, -0.25) is 4.98 Å². The molecule has 17 heavy (non-hydrogen) atoms. The average molecular weight is 301 g/mol. The number of carbonyl (C=O) groups excluding carboxylic acids is 1. The van der Waals surface area contributed by atoms with E-state index in [0.717, 1.165) is 16.5 Å². The maximum Gasteiger partial charge on any atom is 0.407 e. The maximum atomic E-state index is 11.5. The second-order valence-corrected chi connectivity index (χ2v) is 5.28. The molecule has 0 radical (unpaired) electrons. The van der Waals surface area contributed by atoms with Crippen molar-refractivity contribution in [2.24, 2.45) is 0 Å². The number of hydrogen-bond acceptors (Lipinski definition) is 3. The summed E-state index contributed by atoms with van der Waals surface area (Å²) in [6.45, 7) is 6.15. The first-order valence-corrected chi connectivity index (χ1v) is 6.28. The van der Waals surface area contributed by atoms with Crippen LogP contribution in [0.25, 0.3) is 0 Å². The molecule has 0 saturated carbocycles. The fourth-order valence-corrected chi connectivity index (χ4v) is 1.50. The highest BCUT2D eigenvalue weighted by Gasteiger charge is 2.19. The minimum atomic E-state index is -0.431. The summed E-state index contributed by atoms with van der Waals surface area (Å²) in [6.07, 6.45) is 3.77. The first-order chi connectivity index (χ1) is 7.93. The summed E-state index contributed by atoms with van der Waals surface area (Å²) < 4.78 is 6.14. The topological polar surface area (TPSA) is 51.2 Å². The zero-order chi connectivity index (χ0) is 12.9. The number of hydrogen-bond donors (Lipinski definition) is 1. The molecule has 0 aliphatic heterocycles. The van der Waals surface area contributed by atoms with Gasteiger partial charge in [-0.1, -0.05) is 6.92 Å². The summed E-state index contributed by atoms with van der Waals surface area (Å²) in [7, 11) is 0. The van der Waals surface area contributed by atoms with Gasteiger partial charge in [-0.05, 0) is 47.8 Å². The standard InChI is InChI=1S/C12H17BrN2O2/c1-4-12(2,3)17-11(16)15-7-9-5-10(13)8-14-6-9/h5-6,8H,4,7H2,1-3H3,(H,15,16). The molecule has 5 heteroatoms. The van der Waals surface area contributed by atoms with Crippen LogP contribution in [-0.4, -0.2) is 16.7 Å². The van der Waals surface area contributed by atoms with Crippen molar-refractivity contribution in [1.29, 1.82) is 0 Å². The van der Waals surface area contributed by atoms with Crippen LogP contribution in [0.4, 0.5) is 4.79 Å². The minimum absolute atomic E-state index is 0.406. The third-order valence-electron chi connectivity index (χ3n) is 2.42. The predicted octanol–water partition coefficient (Wildman–Crippen LogP) is 3.26. The molecule has 0 unspecified atom stereocenters. The van der Waals surface area contributed by atoms with E-state index in [1.165, 1.54) is 0 Å². The van der Waals surface area contributed by atoms with Gasteiger partial charge >= 0.3 is 6.09 Å². The number of aromatic nitrogens is 1. The lowest BCUT2D eigenvalue weighted by Gasteiger charge is -2.23. The van der Waals surface area contributed by atoms with Gasteiger partial charge in [0.05, 0.1) is 0 Å². The molecule has 0 atom stereocenters. The molecular weight excluding hydrogens is 284 g/mol. The highest BCUT2D eigenvalue weighted by atomic mass is 79.9. The van der Waals surface area contributed by atoms with Crippen LogP contribution in [0.1, 0.15) is 32.8 Å². The Morgan fingerprint density at radius 1 is 1.53 bits per heavy atom. The molecule has 1 heterocycles. The van der Waals surface area contributed by atoms with Crippen LogP contribution >= 0.6 is 15.9 Å². The van der Waals surface area contributed by atoms with Crippen LogP contribution in [0.2, 0.25) is 0 Å². The van der Waals surface area contributed by atoms with E-state index in [-0.39, 0.29) is 0 Å². The summed E-state index contributed by atoms with van der Waals surface area (Å²) in [5, 5.41) is 2.69. The smallest absolute Gasteiger partial charge is 0.407 e. The lowest BCUT2D eigenvalue weighted by Crippen LogP contribution is -2.33. The average Bonchev–Trinajstić information content (AvgIpc) is 2.26. The number of halogens is 1. The van der Waals surface area contributed by atoms with Crippen molar-refractivity contribution >= 4 is 22.0 Å². The molecule has 1 amide bonds. The van der Waals surface area contributed by atoms with E-state index in [1.54, 1.807) is 12.4 Å². The molecule has 0 bridgehead atoms. The monoisotopic (exact) mass is 300 g/mol. The number of alkyl carbamates (subject to hydrolysis) is 1. The van der Waals surface area contributed by atoms with Crippen LogP contribution in [-0.2, 0) is 11.3 Å². The Kier molecular flexibility index (Phi) is 4.93. The van der Waals surface area contributed by atoms with Crippen LogP contribution in [0.3, 0.4) is 0 Å². The Balaban J connectivity index is 2.44. The third-order valence-corrected chi connectivity index (χ3v) is 2.85. The molecule has 0 saturated heterocycles. The molecule has 1 N–H and O–H groups in total. The van der Waals surface area contributed by atoms with Gasteiger partial charge in [0, 0.05) is 23.4 Å². The highest BCUT2D eigenvalue weighted by Crippen LogP contribution is 2.14. The van der Waals surface area contributed by atoms with Crippen molar-refractivity contribution in [1.82, 2.24) is 10.3 Å². The van der Waals surface area contributed by atoms with Gasteiger partial charge in [-0.2, -0.15) is 0 Å². The van der Waals surface area contributed by atoms with E-state index >= 15 is 0 Å². The Morgan fingerprint density at radius 3 is 2.82 bits per heavy atom. The molecule has 0 aliphatic rings. The van der Waals surface area contributed by atoms with Crippen molar-refractivity contribution in [3.63, 3.8) is 0 Å². The SMILES string of the molecule is CCC(C)(C)OC(=O)NCc1cncc(Br)c1. The van der Waals surface area contributed by atoms with Gasteiger partial charge < -0.3 is 10.1 Å². The zero-order valence-electron chi connectivity index (χ0n) is 10.3. The second kappa shape index (κ2) is 6.00. The van der Waals surface area contributed by atoms with Crippen LogP contribution in [0.15, 0.2) is 22.9 Å². The number of amides is 1. The largest absolute Gasteiger partial charge is 0.444 e. The summed E-state index contributed by atoms with van der Waals surface area (Å²) >= 11 is 3.32. The summed E-state index contributed by atoms with van der Waals surface area (Å²) in [6, 6.07) is 1.90. The van der Waals surface area contributed by atoms with Crippen molar-refractivity contribution in [2.75, 3.05) is 0 Å². The van der Waals surface area contributed by atoms with E-state index in [1.807, 2.05) is 26.8 Å². The predicted molar refractivity (Wildman–Crippen MR) is 69.6 cm³/mol. The number of nitrogens with zero attached hydrogens (tertiary/aromatic N) is 1. The molecule has 1 rings (SSSR count). The van der Waals surface area contributed by atoms with Crippen LogP contribution < -0.4 is 5.32 Å². The molecule has 0 spiro atoms. The number of pyridine rings is 1. The van der Waals surface area contributed by atoms with Gasteiger partial charge in [-0.25, -0.2) is 4.79 Å². The van der Waals surface area contributed by atoms with E-state index in [2.05, 4.69) is 26.2 Å². The summed E-state index contributed by atoms with van der Waals surface area (Å²) in [5.41, 5.74) is 0.491. The number of carbonyl (C=O) groups is 1. The van der Waals surface area contributed by atoms with Crippen molar-refractivity contribution < 1.29 is 9.53 Å². The van der Waals surface area contributed by atoms with Gasteiger partial charge in [0.1, 0.15) is 5.60 Å².